The average Bonchev–Trinajstić information content (AvgIpc) is 3.02. The van der Waals surface area contributed by atoms with Crippen molar-refractivity contribution in [3.8, 4) is 0 Å². The number of halogens is 1. The Kier molecular flexibility index (Phi) is 5.51. The van der Waals surface area contributed by atoms with Crippen molar-refractivity contribution in [1.29, 1.82) is 0 Å². The van der Waals surface area contributed by atoms with Gasteiger partial charge in [-0.15, -0.1) is 5.10 Å². The van der Waals surface area contributed by atoms with Gasteiger partial charge in [0.15, 0.2) is 5.82 Å². The van der Waals surface area contributed by atoms with Gasteiger partial charge in [-0.1, -0.05) is 11.6 Å². The normalized spacial score (nSPS) is 15.8. The van der Waals surface area contributed by atoms with Gasteiger partial charge < -0.3 is 10.1 Å². The van der Waals surface area contributed by atoms with Gasteiger partial charge in [-0.3, -0.25) is 4.79 Å². The second kappa shape index (κ2) is 7.66. The number of morpholine rings is 1. The maximum atomic E-state index is 12.7. The highest BCUT2D eigenvalue weighted by Gasteiger charge is 2.27. The molecule has 1 aromatic carbocycles. The lowest BCUT2D eigenvalue weighted by Gasteiger charge is -2.26. The molecule has 1 aromatic heterocycles. The number of tetrazole rings is 1. The number of carbonyl (C=O) groups is 1. The number of rotatable bonds is 5. The highest BCUT2D eigenvalue weighted by molar-refractivity contribution is 7.89. The largest absolute Gasteiger partial charge is 0.379 e. The summed E-state index contributed by atoms with van der Waals surface area (Å²) < 4.78 is 33.3. The van der Waals surface area contributed by atoms with E-state index in [2.05, 4.69) is 20.8 Å². The van der Waals surface area contributed by atoms with Crippen LogP contribution in [0.3, 0.4) is 0 Å². The lowest BCUT2D eigenvalue weighted by atomic mass is 10.3. The molecule has 0 radical (unpaired) electrons. The molecule has 26 heavy (non-hydrogen) atoms. The van der Waals surface area contributed by atoms with Crippen LogP contribution >= 0.6 is 11.6 Å². The molecule has 1 saturated heterocycles. The average molecular weight is 401 g/mol. The minimum Gasteiger partial charge on any atom is -0.379 e. The van der Waals surface area contributed by atoms with Gasteiger partial charge >= 0.3 is 0 Å². The lowest BCUT2D eigenvalue weighted by molar-refractivity contribution is -0.115. The monoisotopic (exact) mass is 400 g/mol. The summed E-state index contributed by atoms with van der Waals surface area (Å²) in [6.45, 7) is 1.27. The van der Waals surface area contributed by atoms with Crippen LogP contribution in [0, 0.1) is 0 Å². The van der Waals surface area contributed by atoms with Crippen molar-refractivity contribution in [3.05, 3.63) is 29.0 Å². The minimum absolute atomic E-state index is 0.0550. The van der Waals surface area contributed by atoms with E-state index in [1.165, 1.54) is 27.2 Å². The van der Waals surface area contributed by atoms with E-state index in [0.717, 1.165) is 0 Å². The van der Waals surface area contributed by atoms with Gasteiger partial charge in [-0.2, -0.15) is 4.31 Å². The van der Waals surface area contributed by atoms with Crippen LogP contribution < -0.4 is 5.32 Å². The summed E-state index contributed by atoms with van der Waals surface area (Å²) in [7, 11) is -2.07. The molecule has 3 rings (SSSR count). The molecular weight excluding hydrogens is 384 g/mol. The second-order valence-electron chi connectivity index (χ2n) is 5.60. The van der Waals surface area contributed by atoms with E-state index >= 15 is 0 Å². The van der Waals surface area contributed by atoms with Crippen LogP contribution in [-0.4, -0.2) is 65.1 Å². The molecule has 1 N–H and O–H groups in total. The first kappa shape index (κ1) is 18.7. The molecule has 0 atom stereocenters. The number of hydrogen-bond acceptors (Lipinski definition) is 7. The molecule has 140 valence electrons. The molecule has 12 heteroatoms. The molecule has 1 fully saturated rings. The van der Waals surface area contributed by atoms with Crippen LogP contribution in [0.15, 0.2) is 23.1 Å². The van der Waals surface area contributed by atoms with Crippen molar-refractivity contribution in [1.82, 2.24) is 24.5 Å². The van der Waals surface area contributed by atoms with Crippen molar-refractivity contribution >= 4 is 33.2 Å². The fraction of sp³-hybridized carbons (Fsp3) is 0.429. The molecule has 2 heterocycles. The zero-order valence-corrected chi connectivity index (χ0v) is 15.5. The van der Waals surface area contributed by atoms with Crippen LogP contribution in [0.5, 0.6) is 0 Å². The van der Waals surface area contributed by atoms with Gasteiger partial charge in [0, 0.05) is 20.1 Å². The first-order valence-electron chi connectivity index (χ1n) is 7.76. The number of aromatic nitrogens is 4. The number of nitrogens with one attached hydrogen (secondary N) is 1. The van der Waals surface area contributed by atoms with Crippen LogP contribution in [0.4, 0.5) is 5.69 Å². The third-order valence-corrected chi connectivity index (χ3v) is 6.07. The van der Waals surface area contributed by atoms with E-state index in [9.17, 15) is 13.2 Å². The van der Waals surface area contributed by atoms with Gasteiger partial charge in [0.2, 0.25) is 15.9 Å². The summed E-state index contributed by atoms with van der Waals surface area (Å²) >= 11 is 6.10. The molecule has 0 saturated carbocycles. The number of aryl methyl sites for hydroxylation is 1. The molecule has 1 aliphatic heterocycles. The Morgan fingerprint density at radius 1 is 1.35 bits per heavy atom. The molecule has 0 aliphatic carbocycles. The van der Waals surface area contributed by atoms with Crippen LogP contribution in [-0.2, 0) is 33.0 Å². The Morgan fingerprint density at radius 3 is 2.73 bits per heavy atom. The zero-order chi connectivity index (χ0) is 18.7. The number of sulfonamides is 1. The van der Waals surface area contributed by atoms with E-state index in [1.807, 2.05) is 0 Å². The summed E-state index contributed by atoms with van der Waals surface area (Å²) in [4.78, 5) is 12.2. The smallest absolute Gasteiger partial charge is 0.243 e. The topological polar surface area (TPSA) is 119 Å². The van der Waals surface area contributed by atoms with Crippen LogP contribution in [0.2, 0.25) is 5.02 Å². The summed E-state index contributed by atoms with van der Waals surface area (Å²) in [6, 6.07) is 4.20. The molecule has 0 bridgehead atoms. The molecule has 1 aliphatic rings. The maximum absolute atomic E-state index is 12.7. The van der Waals surface area contributed by atoms with Crippen molar-refractivity contribution in [2.45, 2.75) is 11.3 Å². The van der Waals surface area contributed by atoms with Crippen LogP contribution in [0.25, 0.3) is 0 Å². The second-order valence-corrected chi connectivity index (χ2v) is 7.95. The number of carbonyl (C=O) groups excluding carboxylic acids is 1. The standard InChI is InChI=1S/C14H17ClN6O4S/c1-20-13(17-18-19-20)9-14(22)16-12-8-10(2-3-11(12)15)26(23,24)21-4-6-25-7-5-21/h2-3,8H,4-7,9H2,1H3,(H,16,22). The summed E-state index contributed by atoms with van der Waals surface area (Å²) in [6.07, 6.45) is -0.0692. The Bertz CT molecular complexity index is 910. The molecular formula is C14H17ClN6O4S. The number of benzene rings is 1. The summed E-state index contributed by atoms with van der Waals surface area (Å²) in [5.74, 6) is -0.0403. The fourth-order valence-electron chi connectivity index (χ4n) is 2.43. The Labute approximate surface area is 155 Å². The Morgan fingerprint density at radius 2 is 2.08 bits per heavy atom. The highest BCUT2D eigenvalue weighted by atomic mass is 35.5. The van der Waals surface area contributed by atoms with Gasteiger partial charge in [0.1, 0.15) is 0 Å². The molecule has 1 amide bonds. The van der Waals surface area contributed by atoms with Crippen LogP contribution in [0.1, 0.15) is 5.82 Å². The minimum atomic E-state index is -3.69. The quantitative estimate of drug-likeness (QED) is 0.753. The highest BCUT2D eigenvalue weighted by Crippen LogP contribution is 2.27. The maximum Gasteiger partial charge on any atom is 0.243 e. The number of nitrogens with zero attached hydrogens (tertiary/aromatic N) is 5. The van der Waals surface area contributed by atoms with Gasteiger partial charge in [-0.05, 0) is 28.6 Å². The third-order valence-electron chi connectivity index (χ3n) is 3.85. The zero-order valence-electron chi connectivity index (χ0n) is 13.9. The number of amides is 1. The van der Waals surface area contributed by atoms with Crippen molar-refractivity contribution in [2.24, 2.45) is 7.05 Å². The fourth-order valence-corrected chi connectivity index (χ4v) is 4.03. The van der Waals surface area contributed by atoms with E-state index in [-0.39, 0.29) is 35.1 Å². The van der Waals surface area contributed by atoms with Gasteiger partial charge in [-0.25, -0.2) is 13.1 Å². The first-order valence-corrected chi connectivity index (χ1v) is 9.58. The predicted molar refractivity (Wildman–Crippen MR) is 92.2 cm³/mol. The van der Waals surface area contributed by atoms with E-state index in [0.29, 0.717) is 19.0 Å². The first-order chi connectivity index (χ1) is 12.4. The summed E-state index contributed by atoms with van der Waals surface area (Å²) in [5, 5.41) is 13.7. The SMILES string of the molecule is Cn1nnnc1CC(=O)Nc1cc(S(=O)(=O)N2CCOCC2)ccc1Cl. The third kappa shape index (κ3) is 4.01. The molecule has 0 unspecified atom stereocenters. The van der Waals surface area contributed by atoms with Gasteiger partial charge in [0.05, 0.1) is 35.2 Å². The van der Waals surface area contributed by atoms with E-state index in [1.54, 1.807) is 7.05 Å². The molecule has 2 aromatic rings. The number of anilines is 1. The number of hydrogen-bond donors (Lipinski definition) is 1. The van der Waals surface area contributed by atoms with Crippen molar-refractivity contribution in [2.75, 3.05) is 31.6 Å². The number of ether oxygens (including phenoxy) is 1. The molecule has 10 nitrogen and oxygen atoms in total. The van der Waals surface area contributed by atoms with E-state index < -0.39 is 15.9 Å². The van der Waals surface area contributed by atoms with Crippen molar-refractivity contribution < 1.29 is 17.9 Å². The van der Waals surface area contributed by atoms with Gasteiger partial charge in [0.25, 0.3) is 0 Å². The van der Waals surface area contributed by atoms with Crippen molar-refractivity contribution in [3.63, 3.8) is 0 Å². The Balaban J connectivity index is 1.79. The summed E-state index contributed by atoms with van der Waals surface area (Å²) in [5.41, 5.74) is 0.209. The van der Waals surface area contributed by atoms with E-state index in [4.69, 9.17) is 16.3 Å². The lowest BCUT2D eigenvalue weighted by Crippen LogP contribution is -2.40. The molecule has 0 spiro atoms. The predicted octanol–water partition coefficient (Wildman–Crippen LogP) is 0.0656. The Hall–Kier alpha value is -2.08.